The minimum Gasteiger partial charge on any atom is -1.00 e. The van der Waals surface area contributed by atoms with E-state index in [0.717, 1.165) is 18.0 Å². The van der Waals surface area contributed by atoms with Crippen LogP contribution in [0.4, 0.5) is 0 Å². The fourth-order valence-corrected chi connectivity index (χ4v) is 6.59. The summed E-state index contributed by atoms with van der Waals surface area (Å²) < 4.78 is 1.26. The monoisotopic (exact) mass is 437 g/mol. The van der Waals surface area contributed by atoms with E-state index in [1.165, 1.54) is 58.0 Å². The van der Waals surface area contributed by atoms with Crippen molar-refractivity contribution in [1.29, 1.82) is 0 Å². The zero-order chi connectivity index (χ0) is 16.9. The quantitative estimate of drug-likeness (QED) is 0.647. The van der Waals surface area contributed by atoms with Gasteiger partial charge in [0.2, 0.25) is 0 Å². The van der Waals surface area contributed by atoms with Gasteiger partial charge in [0.1, 0.15) is 0 Å². The average Bonchev–Trinajstić information content (AvgIpc) is 3.15. The van der Waals surface area contributed by atoms with Crippen molar-refractivity contribution in [2.75, 3.05) is 14.1 Å². The summed E-state index contributed by atoms with van der Waals surface area (Å²) in [7, 11) is 4.91. The predicted molar refractivity (Wildman–Crippen MR) is 107 cm³/mol. The molecule has 2 fully saturated rings. The Kier molecular flexibility index (Phi) is 5.65. The molecule has 4 rings (SSSR count). The van der Waals surface area contributed by atoms with Gasteiger partial charge in [-0.3, -0.25) is 0 Å². The van der Waals surface area contributed by atoms with Crippen molar-refractivity contribution < 1.29 is 21.5 Å². The summed E-state index contributed by atoms with van der Waals surface area (Å²) in [5.41, 5.74) is 7.24. The largest absolute Gasteiger partial charge is 1.00 e. The highest BCUT2D eigenvalue weighted by Gasteiger charge is 2.48. The number of thiophene rings is 2. The van der Waals surface area contributed by atoms with Crippen molar-refractivity contribution in [3.05, 3.63) is 49.9 Å². The lowest BCUT2D eigenvalue weighted by Gasteiger charge is -2.44. The molecule has 4 heterocycles. The molecule has 25 heavy (non-hydrogen) atoms. The summed E-state index contributed by atoms with van der Waals surface area (Å²) in [5.74, 6) is 0.738. The highest BCUT2D eigenvalue weighted by Crippen LogP contribution is 2.44. The molecule has 2 aliphatic heterocycles. The Hall–Kier alpha value is -0.420. The van der Waals surface area contributed by atoms with Gasteiger partial charge < -0.3 is 21.5 Å². The van der Waals surface area contributed by atoms with Crippen LogP contribution in [-0.2, 0) is 0 Å². The molecule has 0 unspecified atom stereocenters. The van der Waals surface area contributed by atoms with Crippen LogP contribution in [0.15, 0.2) is 27.6 Å². The van der Waals surface area contributed by atoms with Crippen LogP contribution in [0.3, 0.4) is 0 Å². The summed E-state index contributed by atoms with van der Waals surface area (Å²) in [6, 6.07) is 1.72. The van der Waals surface area contributed by atoms with Gasteiger partial charge in [-0.05, 0) is 69.1 Å². The molecular formula is C21H28BrNS2. The third-order valence-electron chi connectivity index (χ3n) is 6.56. The lowest BCUT2D eigenvalue weighted by atomic mass is 9.85. The second-order valence-corrected chi connectivity index (χ2v) is 9.75. The summed E-state index contributed by atoms with van der Waals surface area (Å²) in [6.45, 7) is 4.51. The zero-order valence-electron chi connectivity index (χ0n) is 15.6. The van der Waals surface area contributed by atoms with Crippen LogP contribution in [0.25, 0.3) is 5.57 Å². The van der Waals surface area contributed by atoms with Crippen molar-refractivity contribution in [2.24, 2.45) is 5.92 Å². The fourth-order valence-electron chi connectivity index (χ4n) is 4.89. The van der Waals surface area contributed by atoms with Gasteiger partial charge in [-0.1, -0.05) is 6.08 Å². The first-order valence-corrected chi connectivity index (χ1v) is 11.0. The Bertz CT molecular complexity index is 712. The van der Waals surface area contributed by atoms with E-state index in [1.54, 1.807) is 0 Å². The molecule has 0 spiro atoms. The van der Waals surface area contributed by atoms with E-state index in [2.05, 4.69) is 55.5 Å². The number of quaternary nitrogens is 1. The normalized spacial score (nSPS) is 27.0. The van der Waals surface area contributed by atoms with Crippen molar-refractivity contribution in [3.8, 4) is 0 Å². The van der Waals surface area contributed by atoms with Crippen molar-refractivity contribution in [1.82, 2.24) is 0 Å². The maximum Gasteiger partial charge on any atom is 0.0896 e. The van der Waals surface area contributed by atoms with E-state index in [-0.39, 0.29) is 17.0 Å². The SMILES string of the molecule is Cc1cscc1C(=C[C@H]1C[C@H]2CC[C@@H](C1)[N+]2(C)C)c1cscc1C.[Br-]. The van der Waals surface area contributed by atoms with Crippen LogP contribution >= 0.6 is 22.7 Å². The number of aryl methyl sites for hydroxylation is 2. The van der Waals surface area contributed by atoms with Crippen LogP contribution in [0.5, 0.6) is 0 Å². The smallest absolute Gasteiger partial charge is 0.0896 e. The lowest BCUT2D eigenvalue weighted by molar-refractivity contribution is -0.931. The average molecular weight is 439 g/mol. The van der Waals surface area contributed by atoms with E-state index in [4.69, 9.17) is 0 Å². The summed E-state index contributed by atoms with van der Waals surface area (Å²) in [6.07, 6.45) is 8.20. The number of halogens is 1. The van der Waals surface area contributed by atoms with Crippen LogP contribution in [-0.4, -0.2) is 30.7 Å². The Balaban J connectivity index is 0.00000182. The van der Waals surface area contributed by atoms with E-state index in [0.29, 0.717) is 0 Å². The zero-order valence-corrected chi connectivity index (χ0v) is 18.8. The van der Waals surface area contributed by atoms with E-state index >= 15 is 0 Å². The van der Waals surface area contributed by atoms with E-state index in [1.807, 2.05) is 22.7 Å². The minimum atomic E-state index is 0. The molecule has 1 nitrogen and oxygen atoms in total. The number of allylic oxidation sites excluding steroid dienone is 1. The van der Waals surface area contributed by atoms with Crippen LogP contribution in [0.2, 0.25) is 0 Å². The maximum atomic E-state index is 2.63. The summed E-state index contributed by atoms with van der Waals surface area (Å²) >= 11 is 3.66. The molecule has 2 saturated heterocycles. The second kappa shape index (κ2) is 7.30. The summed E-state index contributed by atoms with van der Waals surface area (Å²) in [4.78, 5) is 0. The minimum absolute atomic E-state index is 0. The van der Waals surface area contributed by atoms with Crippen molar-refractivity contribution >= 4 is 28.2 Å². The molecule has 2 bridgehead atoms. The maximum absolute atomic E-state index is 2.63. The molecule has 0 aromatic carbocycles. The Morgan fingerprint density at radius 2 is 1.40 bits per heavy atom. The number of piperidine rings is 1. The van der Waals surface area contributed by atoms with Gasteiger partial charge in [0.05, 0.1) is 26.2 Å². The topological polar surface area (TPSA) is 0 Å². The molecule has 2 aromatic heterocycles. The Morgan fingerprint density at radius 1 is 0.920 bits per heavy atom. The fraction of sp³-hybridized carbons (Fsp3) is 0.524. The third-order valence-corrected chi connectivity index (χ3v) is 8.28. The highest BCUT2D eigenvalue weighted by molar-refractivity contribution is 7.08. The van der Waals surface area contributed by atoms with Crippen molar-refractivity contribution in [3.63, 3.8) is 0 Å². The van der Waals surface area contributed by atoms with Gasteiger partial charge in [0.15, 0.2) is 0 Å². The number of hydrogen-bond donors (Lipinski definition) is 0. The second-order valence-electron chi connectivity index (χ2n) is 8.26. The molecule has 0 amide bonds. The number of rotatable bonds is 3. The highest BCUT2D eigenvalue weighted by atomic mass is 79.9. The molecule has 4 heteroatoms. The van der Waals surface area contributed by atoms with Gasteiger partial charge in [0, 0.05) is 25.7 Å². The molecule has 0 radical (unpaired) electrons. The molecule has 3 atom stereocenters. The standard InChI is InChI=1S/C21H28NS2.BrH/c1-14-10-23-12-20(14)19(21-13-24-11-15(21)2)9-16-7-17-5-6-18(8-16)22(17,3)4;/h9-13,16-18H,5-8H2,1-4H3;1H/q+1;/p-1/t16-,17+,18-;. The molecule has 136 valence electrons. The molecule has 0 aliphatic carbocycles. The summed E-state index contributed by atoms with van der Waals surface area (Å²) in [5, 5.41) is 9.26. The molecule has 2 aliphatic rings. The van der Waals surface area contributed by atoms with Crippen molar-refractivity contribution in [2.45, 2.75) is 51.6 Å². The number of fused-ring (bicyclic) bond motifs is 2. The number of hydrogen-bond acceptors (Lipinski definition) is 2. The first kappa shape index (κ1) is 19.3. The Labute approximate surface area is 170 Å². The van der Waals surface area contributed by atoms with Gasteiger partial charge in [-0.15, -0.1) is 0 Å². The first-order chi connectivity index (χ1) is 11.5. The van der Waals surface area contributed by atoms with Gasteiger partial charge in [-0.25, -0.2) is 0 Å². The Morgan fingerprint density at radius 3 is 1.80 bits per heavy atom. The first-order valence-electron chi connectivity index (χ1n) is 9.08. The molecule has 0 saturated carbocycles. The van der Waals surface area contributed by atoms with E-state index in [9.17, 15) is 0 Å². The van der Waals surface area contributed by atoms with Gasteiger partial charge in [0.25, 0.3) is 0 Å². The van der Waals surface area contributed by atoms with Crippen LogP contribution in [0.1, 0.15) is 47.9 Å². The molecule has 2 aromatic rings. The van der Waals surface area contributed by atoms with E-state index < -0.39 is 0 Å². The molecule has 0 N–H and O–H groups in total. The third kappa shape index (κ3) is 3.43. The van der Waals surface area contributed by atoms with Crippen LogP contribution in [0, 0.1) is 19.8 Å². The van der Waals surface area contributed by atoms with Crippen LogP contribution < -0.4 is 17.0 Å². The van der Waals surface area contributed by atoms with Gasteiger partial charge in [-0.2, -0.15) is 22.7 Å². The lowest BCUT2D eigenvalue weighted by Crippen LogP contribution is -3.00. The number of nitrogens with zero attached hydrogens (tertiary/aromatic N) is 1. The predicted octanol–water partition coefficient (Wildman–Crippen LogP) is 2.88. The molecular weight excluding hydrogens is 410 g/mol. The van der Waals surface area contributed by atoms with Gasteiger partial charge >= 0.3 is 0 Å².